The standard InChI is InChI=1S/C17H24N2O3S/c1-10-5-15(23(18,21)22)9-16(11(10)2)19-17(20)8-14-7-12-3-4-13(14)6-12/h5,9,12-14H,3-4,6-8H2,1-2H3,(H,19,20)(H2,18,21,22)/t12-,13+,14+/m0/s1. The Hall–Kier alpha value is -1.40. The summed E-state index contributed by atoms with van der Waals surface area (Å²) < 4.78 is 23.1. The fourth-order valence-corrected chi connectivity index (χ4v) is 4.81. The number of nitrogens with two attached hydrogens (primary N) is 1. The molecule has 0 spiro atoms. The van der Waals surface area contributed by atoms with E-state index in [1.807, 2.05) is 13.8 Å². The molecule has 0 saturated heterocycles. The lowest BCUT2D eigenvalue weighted by Gasteiger charge is -2.21. The first-order valence-electron chi connectivity index (χ1n) is 8.18. The van der Waals surface area contributed by atoms with E-state index >= 15 is 0 Å². The van der Waals surface area contributed by atoms with Crippen LogP contribution in [0.4, 0.5) is 5.69 Å². The Morgan fingerprint density at radius 3 is 2.57 bits per heavy atom. The van der Waals surface area contributed by atoms with Gasteiger partial charge in [-0.1, -0.05) is 6.42 Å². The molecule has 1 aromatic rings. The molecule has 2 saturated carbocycles. The quantitative estimate of drug-likeness (QED) is 0.886. The molecule has 2 aliphatic carbocycles. The lowest BCUT2D eigenvalue weighted by atomic mass is 9.86. The molecule has 2 bridgehead atoms. The summed E-state index contributed by atoms with van der Waals surface area (Å²) in [7, 11) is -3.78. The van der Waals surface area contributed by atoms with E-state index in [0.29, 0.717) is 23.9 Å². The zero-order valence-corrected chi connectivity index (χ0v) is 14.4. The van der Waals surface area contributed by atoms with Crippen molar-refractivity contribution in [1.29, 1.82) is 0 Å². The van der Waals surface area contributed by atoms with E-state index in [0.717, 1.165) is 23.5 Å². The molecule has 5 nitrogen and oxygen atoms in total. The van der Waals surface area contributed by atoms with E-state index in [-0.39, 0.29) is 10.8 Å². The van der Waals surface area contributed by atoms with Crippen LogP contribution >= 0.6 is 0 Å². The molecule has 2 aliphatic rings. The Balaban J connectivity index is 1.74. The summed E-state index contributed by atoms with van der Waals surface area (Å²) in [5.74, 6) is 1.96. The molecule has 1 aromatic carbocycles. The Labute approximate surface area is 137 Å². The SMILES string of the molecule is Cc1cc(S(N)(=O)=O)cc(NC(=O)C[C@H]2C[C@H]3CC[C@@H]2C3)c1C. The van der Waals surface area contributed by atoms with Crippen LogP contribution in [0.5, 0.6) is 0 Å². The van der Waals surface area contributed by atoms with Crippen molar-refractivity contribution < 1.29 is 13.2 Å². The summed E-state index contributed by atoms with van der Waals surface area (Å²) in [6, 6.07) is 2.99. The van der Waals surface area contributed by atoms with Crippen molar-refractivity contribution in [1.82, 2.24) is 0 Å². The number of amides is 1. The van der Waals surface area contributed by atoms with Crippen molar-refractivity contribution in [3.05, 3.63) is 23.3 Å². The molecule has 3 atom stereocenters. The third-order valence-corrected chi connectivity index (χ3v) is 6.47. The second-order valence-corrected chi connectivity index (χ2v) is 8.71. The van der Waals surface area contributed by atoms with Crippen molar-refractivity contribution in [3.63, 3.8) is 0 Å². The van der Waals surface area contributed by atoms with Gasteiger partial charge in [0.25, 0.3) is 0 Å². The Kier molecular flexibility index (Phi) is 4.23. The molecular weight excluding hydrogens is 312 g/mol. The van der Waals surface area contributed by atoms with Crippen LogP contribution in [0.1, 0.15) is 43.2 Å². The van der Waals surface area contributed by atoms with Crippen LogP contribution in [0.3, 0.4) is 0 Å². The third kappa shape index (κ3) is 3.43. The number of anilines is 1. The molecule has 0 aromatic heterocycles. The first-order valence-corrected chi connectivity index (χ1v) is 9.72. The van der Waals surface area contributed by atoms with Gasteiger partial charge in [-0.15, -0.1) is 0 Å². The third-order valence-electron chi connectivity index (χ3n) is 5.58. The molecule has 3 N–H and O–H groups in total. The van der Waals surface area contributed by atoms with Crippen LogP contribution in [0.15, 0.2) is 17.0 Å². The highest BCUT2D eigenvalue weighted by molar-refractivity contribution is 7.89. The van der Waals surface area contributed by atoms with Gasteiger partial charge >= 0.3 is 0 Å². The van der Waals surface area contributed by atoms with E-state index in [1.54, 1.807) is 0 Å². The van der Waals surface area contributed by atoms with Crippen molar-refractivity contribution >= 4 is 21.6 Å². The number of hydrogen-bond acceptors (Lipinski definition) is 3. The van der Waals surface area contributed by atoms with Crippen LogP contribution in [0.25, 0.3) is 0 Å². The number of sulfonamides is 1. The summed E-state index contributed by atoms with van der Waals surface area (Å²) in [5.41, 5.74) is 2.22. The van der Waals surface area contributed by atoms with Crippen LogP contribution in [0.2, 0.25) is 0 Å². The van der Waals surface area contributed by atoms with E-state index in [1.165, 1.54) is 31.4 Å². The maximum atomic E-state index is 12.4. The molecule has 126 valence electrons. The smallest absolute Gasteiger partial charge is 0.238 e. The molecular formula is C17H24N2O3S. The van der Waals surface area contributed by atoms with Crippen molar-refractivity contribution in [2.45, 2.75) is 50.8 Å². The Morgan fingerprint density at radius 1 is 1.26 bits per heavy atom. The number of fused-ring (bicyclic) bond motifs is 2. The maximum Gasteiger partial charge on any atom is 0.238 e. The summed E-state index contributed by atoms with van der Waals surface area (Å²) >= 11 is 0. The van der Waals surface area contributed by atoms with Gasteiger partial charge in [0.1, 0.15) is 0 Å². The molecule has 0 unspecified atom stereocenters. The first-order chi connectivity index (χ1) is 10.7. The van der Waals surface area contributed by atoms with Crippen molar-refractivity contribution in [2.75, 3.05) is 5.32 Å². The molecule has 0 heterocycles. The highest BCUT2D eigenvalue weighted by atomic mass is 32.2. The molecule has 0 radical (unpaired) electrons. The highest BCUT2D eigenvalue weighted by Crippen LogP contribution is 2.49. The molecule has 2 fully saturated rings. The zero-order chi connectivity index (χ0) is 16.8. The van der Waals surface area contributed by atoms with Gasteiger partial charge in [-0.2, -0.15) is 0 Å². The second-order valence-electron chi connectivity index (χ2n) is 7.14. The van der Waals surface area contributed by atoms with Gasteiger partial charge in [0, 0.05) is 12.1 Å². The Morgan fingerprint density at radius 2 is 2.00 bits per heavy atom. The van der Waals surface area contributed by atoms with E-state index in [2.05, 4.69) is 5.32 Å². The van der Waals surface area contributed by atoms with E-state index in [4.69, 9.17) is 5.14 Å². The maximum absolute atomic E-state index is 12.4. The summed E-state index contributed by atoms with van der Waals surface area (Å²) in [5, 5.41) is 8.10. The molecule has 3 rings (SSSR count). The van der Waals surface area contributed by atoms with Crippen LogP contribution in [-0.4, -0.2) is 14.3 Å². The molecule has 1 amide bonds. The Bertz CT molecular complexity index is 742. The van der Waals surface area contributed by atoms with Crippen molar-refractivity contribution in [3.8, 4) is 0 Å². The van der Waals surface area contributed by atoms with Gasteiger partial charge in [-0.3, -0.25) is 4.79 Å². The van der Waals surface area contributed by atoms with Crippen LogP contribution in [0, 0.1) is 31.6 Å². The summed E-state index contributed by atoms with van der Waals surface area (Å²) in [6.45, 7) is 3.69. The number of carbonyl (C=O) groups excluding carboxylic acids is 1. The lowest BCUT2D eigenvalue weighted by Crippen LogP contribution is -2.21. The number of primary sulfonamides is 1. The molecule has 23 heavy (non-hydrogen) atoms. The largest absolute Gasteiger partial charge is 0.326 e. The fraction of sp³-hybridized carbons (Fsp3) is 0.588. The summed E-state index contributed by atoms with van der Waals surface area (Å²) in [6.07, 6.45) is 5.53. The van der Waals surface area contributed by atoms with Crippen LogP contribution < -0.4 is 10.5 Å². The highest BCUT2D eigenvalue weighted by Gasteiger charge is 2.40. The normalized spacial score (nSPS) is 26.5. The van der Waals surface area contributed by atoms with Crippen LogP contribution in [-0.2, 0) is 14.8 Å². The fourth-order valence-electron chi connectivity index (χ4n) is 4.19. The first kappa shape index (κ1) is 16.5. The minimum Gasteiger partial charge on any atom is -0.326 e. The van der Waals surface area contributed by atoms with Gasteiger partial charge in [0.05, 0.1) is 4.90 Å². The van der Waals surface area contributed by atoms with E-state index < -0.39 is 10.0 Å². The van der Waals surface area contributed by atoms with Gasteiger partial charge in [-0.05, 0) is 74.1 Å². The number of rotatable bonds is 4. The molecule has 6 heteroatoms. The topological polar surface area (TPSA) is 89.3 Å². The zero-order valence-electron chi connectivity index (χ0n) is 13.6. The predicted molar refractivity (Wildman–Crippen MR) is 89.5 cm³/mol. The van der Waals surface area contributed by atoms with Crippen molar-refractivity contribution in [2.24, 2.45) is 22.9 Å². The number of benzene rings is 1. The minimum absolute atomic E-state index is 0.0309. The minimum atomic E-state index is -3.78. The average molecular weight is 336 g/mol. The number of hydrogen-bond donors (Lipinski definition) is 2. The van der Waals surface area contributed by atoms with Gasteiger partial charge in [0.15, 0.2) is 0 Å². The second kappa shape index (κ2) is 5.91. The lowest BCUT2D eigenvalue weighted by molar-refractivity contribution is -0.117. The average Bonchev–Trinajstić information content (AvgIpc) is 3.04. The van der Waals surface area contributed by atoms with Gasteiger partial charge < -0.3 is 5.32 Å². The van der Waals surface area contributed by atoms with Gasteiger partial charge in [-0.25, -0.2) is 13.6 Å². The molecule has 0 aliphatic heterocycles. The van der Waals surface area contributed by atoms with Gasteiger partial charge in [0.2, 0.25) is 15.9 Å². The number of aryl methyl sites for hydroxylation is 1. The monoisotopic (exact) mass is 336 g/mol. The summed E-state index contributed by atoms with van der Waals surface area (Å²) in [4.78, 5) is 12.4. The predicted octanol–water partition coefficient (Wildman–Crippen LogP) is 2.72. The van der Waals surface area contributed by atoms with E-state index in [9.17, 15) is 13.2 Å². The number of carbonyl (C=O) groups is 1. The number of nitrogens with one attached hydrogen (secondary N) is 1.